The lowest BCUT2D eigenvalue weighted by molar-refractivity contribution is 0.502. The van der Waals surface area contributed by atoms with Crippen LogP contribution in [0.5, 0.6) is 0 Å². The lowest BCUT2D eigenvalue weighted by atomic mass is 9.77. The van der Waals surface area contributed by atoms with Gasteiger partial charge in [0.2, 0.25) is 0 Å². The highest BCUT2D eigenvalue weighted by molar-refractivity contribution is 5.82. The summed E-state index contributed by atoms with van der Waals surface area (Å²) in [4.78, 5) is 2.33. The molecule has 1 aliphatic carbocycles. The molecule has 0 bridgehead atoms. The molecule has 0 N–H and O–H groups in total. The highest BCUT2D eigenvalue weighted by Crippen LogP contribution is 2.44. The van der Waals surface area contributed by atoms with E-state index in [9.17, 15) is 0 Å². The Balaban J connectivity index is 0.000000320. The molecular weight excluding hydrogens is 542 g/mol. The van der Waals surface area contributed by atoms with Gasteiger partial charge in [0.05, 0.1) is 0 Å². The van der Waals surface area contributed by atoms with Crippen LogP contribution in [0.25, 0.3) is 11.1 Å². The minimum absolute atomic E-state index is 0.339. The Bertz CT molecular complexity index is 1630. The van der Waals surface area contributed by atoms with E-state index in [-0.39, 0.29) is 0 Å². The molecule has 1 nitrogen and oxygen atoms in total. The van der Waals surface area contributed by atoms with E-state index in [0.29, 0.717) is 5.92 Å². The molecular formula is C44H51N. The van der Waals surface area contributed by atoms with Crippen LogP contribution in [0.2, 0.25) is 0 Å². The van der Waals surface area contributed by atoms with Gasteiger partial charge in [0.25, 0.3) is 0 Å². The lowest BCUT2D eigenvalue weighted by Gasteiger charge is -2.39. The van der Waals surface area contributed by atoms with Gasteiger partial charge in [0.1, 0.15) is 0 Å². The monoisotopic (exact) mass is 593 g/mol. The second-order valence-corrected chi connectivity index (χ2v) is 11.0. The molecule has 1 atom stereocenters. The second kappa shape index (κ2) is 18.1. The first-order valence-corrected chi connectivity index (χ1v) is 15.8. The highest BCUT2D eigenvalue weighted by atomic mass is 15.2. The summed E-state index contributed by atoms with van der Waals surface area (Å²) in [6.07, 6.45) is 22.1. The maximum atomic E-state index is 5.32. The smallest absolute Gasteiger partial charge is 0.0273 e. The van der Waals surface area contributed by atoms with Gasteiger partial charge in [-0.1, -0.05) is 136 Å². The Morgan fingerprint density at radius 2 is 1.47 bits per heavy atom. The van der Waals surface area contributed by atoms with Crippen LogP contribution >= 0.6 is 0 Å². The second-order valence-electron chi connectivity index (χ2n) is 11.0. The summed E-state index contributed by atoms with van der Waals surface area (Å²) in [6, 6.07) is 20.6. The van der Waals surface area contributed by atoms with Crippen LogP contribution < -0.4 is 0 Å². The molecule has 2 aliphatic rings. The summed E-state index contributed by atoms with van der Waals surface area (Å²) in [5, 5.41) is 0. The molecule has 0 fully saturated rings. The van der Waals surface area contributed by atoms with Crippen LogP contribution in [0.3, 0.4) is 0 Å². The molecule has 0 radical (unpaired) electrons. The number of terminal acetylenes is 1. The third kappa shape index (κ3) is 9.59. The van der Waals surface area contributed by atoms with Crippen LogP contribution in [-0.4, -0.2) is 4.90 Å². The highest BCUT2D eigenvalue weighted by Gasteiger charge is 2.30. The molecule has 0 aromatic heterocycles. The molecule has 0 saturated heterocycles. The fourth-order valence-electron chi connectivity index (χ4n) is 5.58. The molecule has 4 rings (SSSR count). The molecule has 0 spiro atoms. The molecule has 1 heterocycles. The first-order chi connectivity index (χ1) is 21.6. The van der Waals surface area contributed by atoms with Crippen molar-refractivity contribution in [2.45, 2.75) is 62.3 Å². The van der Waals surface area contributed by atoms with Crippen molar-refractivity contribution in [1.82, 2.24) is 4.90 Å². The maximum Gasteiger partial charge on any atom is 0.0273 e. The van der Waals surface area contributed by atoms with Gasteiger partial charge in [-0.2, -0.15) is 0 Å². The van der Waals surface area contributed by atoms with E-state index in [4.69, 9.17) is 6.42 Å². The van der Waals surface area contributed by atoms with Crippen molar-refractivity contribution in [1.29, 1.82) is 0 Å². The van der Waals surface area contributed by atoms with Crippen molar-refractivity contribution in [2.75, 3.05) is 0 Å². The van der Waals surface area contributed by atoms with Crippen molar-refractivity contribution in [2.24, 2.45) is 5.92 Å². The normalized spacial score (nSPS) is 16.6. The summed E-state index contributed by atoms with van der Waals surface area (Å²) in [7, 11) is 0. The SMILES string of the molecule is C#C/C=C\C=C(/C)N1C(C)=C(/C=C\C)C2=CC(C(=C)C)=CC(C)C2=C1C.C=C(/C=C(\C)c1ccccc1)c1ccccc1.CC. The van der Waals surface area contributed by atoms with E-state index < -0.39 is 0 Å². The third-order valence-electron chi connectivity index (χ3n) is 7.69. The minimum Gasteiger partial charge on any atom is -0.322 e. The van der Waals surface area contributed by atoms with Crippen LogP contribution in [-0.2, 0) is 0 Å². The van der Waals surface area contributed by atoms with E-state index in [1.807, 2.05) is 44.2 Å². The lowest BCUT2D eigenvalue weighted by Crippen LogP contribution is -2.28. The Hall–Kier alpha value is -4.80. The van der Waals surface area contributed by atoms with Gasteiger partial charge in [0, 0.05) is 28.6 Å². The van der Waals surface area contributed by atoms with Crippen molar-refractivity contribution in [3.63, 3.8) is 0 Å². The zero-order valence-corrected chi connectivity index (χ0v) is 28.9. The molecule has 2 aromatic carbocycles. The first kappa shape index (κ1) is 36.4. The number of allylic oxidation sites excluding steroid dienone is 18. The number of hydrogen-bond acceptors (Lipinski definition) is 1. The third-order valence-corrected chi connectivity index (χ3v) is 7.69. The Labute approximate surface area is 274 Å². The Morgan fingerprint density at radius 3 is 2.00 bits per heavy atom. The van der Waals surface area contributed by atoms with Gasteiger partial charge >= 0.3 is 0 Å². The largest absolute Gasteiger partial charge is 0.322 e. The van der Waals surface area contributed by atoms with Crippen molar-refractivity contribution < 1.29 is 0 Å². The first-order valence-electron chi connectivity index (χ1n) is 15.8. The summed E-state index contributed by atoms with van der Waals surface area (Å²) in [5.41, 5.74) is 14.6. The van der Waals surface area contributed by atoms with Crippen LogP contribution in [0.1, 0.15) is 73.4 Å². The molecule has 1 unspecified atom stereocenters. The summed E-state index contributed by atoms with van der Waals surface area (Å²) >= 11 is 0. The predicted molar refractivity (Wildman–Crippen MR) is 201 cm³/mol. The van der Waals surface area contributed by atoms with E-state index >= 15 is 0 Å². The zero-order valence-electron chi connectivity index (χ0n) is 28.9. The number of hydrogen-bond donors (Lipinski definition) is 0. The van der Waals surface area contributed by atoms with Crippen molar-refractivity contribution >= 4 is 11.1 Å². The van der Waals surface area contributed by atoms with Gasteiger partial charge in [-0.15, -0.1) is 6.42 Å². The Kier molecular flexibility index (Phi) is 14.6. The molecule has 0 saturated carbocycles. The molecule has 1 heteroatoms. The van der Waals surface area contributed by atoms with E-state index in [0.717, 1.165) is 16.8 Å². The fraction of sp³-hybridized carbons (Fsp3) is 0.227. The van der Waals surface area contributed by atoms with Crippen LogP contribution in [0.4, 0.5) is 0 Å². The number of fused-ring (bicyclic) bond motifs is 1. The van der Waals surface area contributed by atoms with Gasteiger partial charge in [-0.05, 0) is 98.8 Å². The quantitative estimate of drug-likeness (QED) is 0.228. The van der Waals surface area contributed by atoms with E-state index in [2.05, 4.69) is 145 Å². The molecule has 1 aliphatic heterocycles. The van der Waals surface area contributed by atoms with Crippen molar-refractivity contribution in [3.8, 4) is 12.3 Å². The topological polar surface area (TPSA) is 3.24 Å². The average molecular weight is 594 g/mol. The van der Waals surface area contributed by atoms with Gasteiger partial charge in [0.15, 0.2) is 0 Å². The molecule has 0 amide bonds. The molecule has 45 heavy (non-hydrogen) atoms. The van der Waals surface area contributed by atoms with Gasteiger partial charge in [-0.25, -0.2) is 0 Å². The zero-order chi connectivity index (χ0) is 33.5. The molecule has 2 aromatic rings. The van der Waals surface area contributed by atoms with Crippen LogP contribution in [0.15, 0.2) is 167 Å². The Morgan fingerprint density at radius 1 is 0.889 bits per heavy atom. The van der Waals surface area contributed by atoms with Crippen LogP contribution in [0, 0.1) is 18.3 Å². The standard InChI is InChI=1S/C25H29N.C17H16.C2H6/c1-9-11-12-14-19(6)26-20(7)23(13-10-2)24-16-22(17(3)4)15-18(5)25(24)21(26)8;1-14(16-9-5-3-6-10-16)13-15(2)17-11-7-4-8-12-17;1-2/h1,10-16,18H,3H2,2,4-8H3;3-13H,1H2,2H3;1-2H3/b12-11-,13-10-,19-14+;15-13+;. The maximum absolute atomic E-state index is 5.32. The summed E-state index contributed by atoms with van der Waals surface area (Å²) < 4.78 is 0. The summed E-state index contributed by atoms with van der Waals surface area (Å²) in [6.45, 7) is 27.3. The molecule has 232 valence electrons. The van der Waals surface area contributed by atoms with Gasteiger partial charge < -0.3 is 4.90 Å². The van der Waals surface area contributed by atoms with Crippen molar-refractivity contribution in [3.05, 3.63) is 179 Å². The van der Waals surface area contributed by atoms with Gasteiger partial charge in [-0.3, -0.25) is 0 Å². The van der Waals surface area contributed by atoms with E-state index in [1.165, 1.54) is 50.4 Å². The number of rotatable bonds is 7. The fourth-order valence-corrected chi connectivity index (χ4v) is 5.58. The average Bonchev–Trinajstić information content (AvgIpc) is 3.04. The minimum atomic E-state index is 0.339. The predicted octanol–water partition coefficient (Wildman–Crippen LogP) is 12.4. The summed E-state index contributed by atoms with van der Waals surface area (Å²) in [5.74, 6) is 2.88. The van der Waals surface area contributed by atoms with E-state index in [1.54, 1.807) is 6.08 Å². The number of nitrogens with zero attached hydrogens (tertiary/aromatic N) is 1. The number of benzene rings is 2.